The van der Waals surface area contributed by atoms with Gasteiger partial charge in [0.05, 0.1) is 11.4 Å². The maximum Gasteiger partial charge on any atom is 0.203 e. The number of hydrogen-bond donors (Lipinski definition) is 2. The minimum atomic E-state index is 0.513. The van der Waals surface area contributed by atoms with Crippen LogP contribution in [-0.2, 0) is 0 Å². The van der Waals surface area contributed by atoms with E-state index in [4.69, 9.17) is 0 Å². The molecular weight excluding hydrogens is 334 g/mol. The normalized spacial score (nSPS) is 12.0. The second-order valence-electron chi connectivity index (χ2n) is 6.15. The van der Waals surface area contributed by atoms with Gasteiger partial charge in [-0.2, -0.15) is 5.10 Å². The Morgan fingerprint density at radius 3 is 2.44 bits per heavy atom. The number of amidine groups is 1. The van der Waals surface area contributed by atoms with E-state index in [2.05, 4.69) is 25.7 Å². The summed E-state index contributed by atoms with van der Waals surface area (Å²) in [6.45, 7) is 2.01. The highest BCUT2D eigenvalue weighted by Gasteiger charge is 2.10. The number of rotatable bonds is 4. The van der Waals surface area contributed by atoms with Crippen LogP contribution in [-0.4, -0.2) is 10.8 Å². The minimum absolute atomic E-state index is 0.513. The monoisotopic (exact) mass is 353 g/mol. The van der Waals surface area contributed by atoms with Crippen molar-refractivity contribution in [1.82, 2.24) is 4.98 Å². The van der Waals surface area contributed by atoms with Gasteiger partial charge in [-0.25, -0.2) is 0 Å². The van der Waals surface area contributed by atoms with Crippen LogP contribution in [0.3, 0.4) is 0 Å². The highest BCUT2D eigenvalue weighted by atomic mass is 15.3. The number of aromatic amines is 1. The van der Waals surface area contributed by atoms with Crippen LogP contribution in [0.25, 0.3) is 10.9 Å². The van der Waals surface area contributed by atoms with Gasteiger partial charge >= 0.3 is 0 Å². The second-order valence-corrected chi connectivity index (χ2v) is 6.15. The topological polar surface area (TPSA) is 64.9 Å². The predicted octanol–water partition coefficient (Wildman–Crippen LogP) is 6.03. The maximum atomic E-state index is 4.52. The molecule has 3 aromatic carbocycles. The lowest BCUT2D eigenvalue weighted by Gasteiger charge is -2.03. The number of benzene rings is 3. The smallest absolute Gasteiger partial charge is 0.203 e. The summed E-state index contributed by atoms with van der Waals surface area (Å²) in [6.07, 6.45) is 1.91. The van der Waals surface area contributed by atoms with Crippen molar-refractivity contribution in [3.8, 4) is 0 Å². The van der Waals surface area contributed by atoms with E-state index in [1.165, 1.54) is 0 Å². The summed E-state index contributed by atoms with van der Waals surface area (Å²) in [5.74, 6) is 0.513. The Morgan fingerprint density at radius 2 is 1.59 bits per heavy atom. The summed E-state index contributed by atoms with van der Waals surface area (Å²) >= 11 is 0. The molecule has 2 N–H and O–H groups in total. The third-order valence-electron chi connectivity index (χ3n) is 4.26. The molecule has 0 saturated heterocycles. The fourth-order valence-corrected chi connectivity index (χ4v) is 2.80. The van der Waals surface area contributed by atoms with E-state index < -0.39 is 0 Å². The minimum Gasteiger partial charge on any atom is -0.360 e. The Labute approximate surface area is 157 Å². The third-order valence-corrected chi connectivity index (χ3v) is 4.26. The Balaban J connectivity index is 1.74. The van der Waals surface area contributed by atoms with Crippen molar-refractivity contribution in [2.24, 2.45) is 15.3 Å². The molecule has 0 aliphatic carbocycles. The van der Waals surface area contributed by atoms with Gasteiger partial charge < -0.3 is 4.98 Å². The molecule has 1 heterocycles. The molecule has 0 amide bonds. The highest BCUT2D eigenvalue weighted by Crippen LogP contribution is 2.22. The molecule has 0 spiro atoms. The number of aryl methyl sites for hydroxylation is 1. The van der Waals surface area contributed by atoms with Crippen molar-refractivity contribution in [2.45, 2.75) is 6.92 Å². The molecule has 0 radical (unpaired) electrons. The van der Waals surface area contributed by atoms with Crippen LogP contribution in [0, 0.1) is 6.92 Å². The molecule has 0 unspecified atom stereocenters. The van der Waals surface area contributed by atoms with Crippen molar-refractivity contribution in [3.63, 3.8) is 0 Å². The number of azo groups is 1. The van der Waals surface area contributed by atoms with E-state index in [-0.39, 0.29) is 0 Å². The zero-order chi connectivity index (χ0) is 18.5. The van der Waals surface area contributed by atoms with Crippen LogP contribution in [0.15, 0.2) is 100 Å². The van der Waals surface area contributed by atoms with E-state index in [9.17, 15) is 0 Å². The van der Waals surface area contributed by atoms with E-state index in [1.807, 2.05) is 92.0 Å². The van der Waals surface area contributed by atoms with E-state index in [1.54, 1.807) is 0 Å². The standard InChI is InChI=1S/C22H19N5/c1-16-9-5-7-13-20(16)25-27-22(26-24-17-10-3-2-4-11-17)19-15-23-21-14-8-6-12-18(19)21/h2-15,23-24H,1H3/b26-22+,27-25?. The van der Waals surface area contributed by atoms with Gasteiger partial charge in [0, 0.05) is 22.7 Å². The van der Waals surface area contributed by atoms with Gasteiger partial charge in [0.15, 0.2) is 0 Å². The molecule has 1 aromatic heterocycles. The number of nitrogens with one attached hydrogen (secondary N) is 2. The summed E-state index contributed by atoms with van der Waals surface area (Å²) in [5.41, 5.74) is 7.78. The zero-order valence-electron chi connectivity index (χ0n) is 14.9. The molecule has 0 atom stereocenters. The van der Waals surface area contributed by atoms with Crippen LogP contribution >= 0.6 is 0 Å². The van der Waals surface area contributed by atoms with Gasteiger partial charge in [-0.05, 0) is 36.8 Å². The number of nitrogens with zero attached hydrogens (tertiary/aromatic N) is 3. The van der Waals surface area contributed by atoms with Crippen LogP contribution in [0.5, 0.6) is 0 Å². The molecule has 0 fully saturated rings. The highest BCUT2D eigenvalue weighted by molar-refractivity contribution is 6.10. The Bertz CT molecular complexity index is 1110. The van der Waals surface area contributed by atoms with Gasteiger partial charge in [-0.15, -0.1) is 10.2 Å². The average molecular weight is 353 g/mol. The summed E-state index contributed by atoms with van der Waals surface area (Å²) in [4.78, 5) is 3.27. The fourth-order valence-electron chi connectivity index (χ4n) is 2.80. The summed E-state index contributed by atoms with van der Waals surface area (Å²) in [6, 6.07) is 25.7. The van der Waals surface area contributed by atoms with E-state index >= 15 is 0 Å². The van der Waals surface area contributed by atoms with Gasteiger partial charge in [0.1, 0.15) is 0 Å². The number of H-pyrrole nitrogens is 1. The number of fused-ring (bicyclic) bond motifs is 1. The Hall–Kier alpha value is -3.73. The number of aromatic nitrogens is 1. The number of hydrazone groups is 1. The summed E-state index contributed by atoms with van der Waals surface area (Å²) in [5, 5.41) is 14.4. The maximum absolute atomic E-state index is 4.52. The molecule has 0 bridgehead atoms. The van der Waals surface area contributed by atoms with Gasteiger partial charge in [-0.3, -0.25) is 5.43 Å². The third kappa shape index (κ3) is 3.77. The van der Waals surface area contributed by atoms with E-state index in [0.717, 1.165) is 33.4 Å². The van der Waals surface area contributed by atoms with Crippen molar-refractivity contribution >= 4 is 28.1 Å². The first-order valence-electron chi connectivity index (χ1n) is 8.74. The molecule has 5 nitrogen and oxygen atoms in total. The van der Waals surface area contributed by atoms with Crippen molar-refractivity contribution in [2.75, 3.05) is 5.43 Å². The van der Waals surface area contributed by atoms with Gasteiger partial charge in [0.25, 0.3) is 0 Å². The molecule has 4 aromatic rings. The number of hydrogen-bond acceptors (Lipinski definition) is 3. The van der Waals surface area contributed by atoms with Gasteiger partial charge in [0.2, 0.25) is 5.84 Å². The Kier molecular flexibility index (Phi) is 4.74. The molecule has 0 aliphatic heterocycles. The van der Waals surface area contributed by atoms with Gasteiger partial charge in [-0.1, -0.05) is 54.6 Å². The molecule has 0 aliphatic rings. The molecule has 4 rings (SSSR count). The molecule has 5 heteroatoms. The molecule has 27 heavy (non-hydrogen) atoms. The van der Waals surface area contributed by atoms with Crippen molar-refractivity contribution in [1.29, 1.82) is 0 Å². The average Bonchev–Trinajstić information content (AvgIpc) is 3.14. The summed E-state index contributed by atoms with van der Waals surface area (Å²) in [7, 11) is 0. The SMILES string of the molecule is Cc1ccccc1N=N/C(=N/Nc1ccccc1)c1c[nH]c2ccccc12. The number of anilines is 1. The molecule has 132 valence electrons. The first-order valence-corrected chi connectivity index (χ1v) is 8.74. The van der Waals surface area contributed by atoms with Crippen LogP contribution in [0.1, 0.15) is 11.1 Å². The zero-order valence-corrected chi connectivity index (χ0v) is 14.9. The lowest BCUT2D eigenvalue weighted by Crippen LogP contribution is -2.00. The van der Waals surface area contributed by atoms with E-state index in [0.29, 0.717) is 5.84 Å². The molecular formula is C22H19N5. The fraction of sp³-hybridized carbons (Fsp3) is 0.0455. The largest absolute Gasteiger partial charge is 0.360 e. The van der Waals surface area contributed by atoms with Crippen LogP contribution in [0.2, 0.25) is 0 Å². The molecule has 0 saturated carbocycles. The van der Waals surface area contributed by atoms with Crippen molar-refractivity contribution in [3.05, 3.63) is 96.2 Å². The first kappa shape index (κ1) is 16.7. The lowest BCUT2D eigenvalue weighted by atomic mass is 10.1. The van der Waals surface area contributed by atoms with Crippen LogP contribution < -0.4 is 5.43 Å². The predicted molar refractivity (Wildman–Crippen MR) is 111 cm³/mol. The number of para-hydroxylation sites is 2. The first-order chi connectivity index (χ1) is 13.3. The Morgan fingerprint density at radius 1 is 0.852 bits per heavy atom. The lowest BCUT2D eigenvalue weighted by molar-refractivity contribution is 1.21. The van der Waals surface area contributed by atoms with Crippen molar-refractivity contribution < 1.29 is 0 Å². The summed E-state index contributed by atoms with van der Waals surface area (Å²) < 4.78 is 0. The quantitative estimate of drug-likeness (QED) is 0.200. The van der Waals surface area contributed by atoms with Crippen LogP contribution in [0.4, 0.5) is 11.4 Å². The second kappa shape index (κ2) is 7.66.